The fraction of sp³-hybridized carbons (Fsp3) is 0.400. The highest BCUT2D eigenvalue weighted by atomic mass is 16.1. The van der Waals surface area contributed by atoms with E-state index in [9.17, 15) is 4.79 Å². The van der Waals surface area contributed by atoms with Crippen LogP contribution < -0.4 is 11.1 Å². The molecule has 1 aromatic rings. The summed E-state index contributed by atoms with van der Waals surface area (Å²) in [6.45, 7) is 0. The third kappa shape index (κ3) is 1.92. The number of aromatic nitrogens is 3. The van der Waals surface area contributed by atoms with Crippen LogP contribution in [0, 0.1) is 0 Å². The van der Waals surface area contributed by atoms with Crippen molar-refractivity contribution in [3.05, 3.63) is 5.82 Å². The van der Waals surface area contributed by atoms with Crippen molar-refractivity contribution in [2.24, 2.45) is 0 Å². The molecule has 6 heteroatoms. The van der Waals surface area contributed by atoms with Gasteiger partial charge in [0, 0.05) is 7.05 Å². The minimum Gasteiger partial charge on any atom is -0.367 e. The van der Waals surface area contributed by atoms with Crippen molar-refractivity contribution in [2.45, 2.75) is 6.42 Å². The van der Waals surface area contributed by atoms with Gasteiger partial charge in [-0.3, -0.25) is 9.89 Å². The number of nitrogens with two attached hydrogens (primary N) is 1. The zero-order chi connectivity index (χ0) is 8.27. The number of anilines is 1. The van der Waals surface area contributed by atoms with Gasteiger partial charge in [-0.05, 0) is 0 Å². The average molecular weight is 155 g/mol. The largest absolute Gasteiger partial charge is 0.367 e. The lowest BCUT2D eigenvalue weighted by Gasteiger charge is -1.92. The van der Waals surface area contributed by atoms with Gasteiger partial charge in [0.1, 0.15) is 5.82 Å². The number of nitrogen functional groups attached to an aromatic ring is 1. The summed E-state index contributed by atoms with van der Waals surface area (Å²) in [7, 11) is 1.56. The van der Waals surface area contributed by atoms with Gasteiger partial charge in [0.05, 0.1) is 6.42 Å². The van der Waals surface area contributed by atoms with E-state index in [0.717, 1.165) is 0 Å². The van der Waals surface area contributed by atoms with Crippen LogP contribution in [0.25, 0.3) is 0 Å². The van der Waals surface area contributed by atoms with E-state index in [4.69, 9.17) is 5.73 Å². The van der Waals surface area contributed by atoms with E-state index >= 15 is 0 Å². The maximum absolute atomic E-state index is 10.8. The molecule has 0 saturated heterocycles. The average Bonchev–Trinajstić information content (AvgIpc) is 2.35. The lowest BCUT2D eigenvalue weighted by molar-refractivity contribution is -0.120. The van der Waals surface area contributed by atoms with Crippen LogP contribution in [-0.2, 0) is 11.2 Å². The third-order valence-corrected chi connectivity index (χ3v) is 1.16. The SMILES string of the molecule is CNC(=O)Cc1nc(N)n[nH]1. The number of carbonyl (C=O) groups is 1. The number of carbonyl (C=O) groups excluding carboxylic acids is 1. The van der Waals surface area contributed by atoms with E-state index in [1.807, 2.05) is 0 Å². The number of aromatic amines is 1. The first-order valence-electron chi connectivity index (χ1n) is 3.09. The first-order chi connectivity index (χ1) is 5.22. The lowest BCUT2D eigenvalue weighted by atomic mass is 10.4. The molecule has 1 heterocycles. The Morgan fingerprint density at radius 1 is 1.82 bits per heavy atom. The topological polar surface area (TPSA) is 96.7 Å². The number of nitrogens with zero attached hydrogens (tertiary/aromatic N) is 2. The monoisotopic (exact) mass is 155 g/mol. The number of H-pyrrole nitrogens is 1. The number of likely N-dealkylation sites (N-methyl/N-ethyl adjacent to an activating group) is 1. The quantitative estimate of drug-likeness (QED) is 0.493. The molecule has 4 N–H and O–H groups in total. The van der Waals surface area contributed by atoms with Gasteiger partial charge >= 0.3 is 0 Å². The van der Waals surface area contributed by atoms with Crippen LogP contribution in [0.2, 0.25) is 0 Å². The molecular formula is C5H9N5O. The minimum atomic E-state index is -0.124. The molecule has 0 unspecified atom stereocenters. The summed E-state index contributed by atoms with van der Waals surface area (Å²) in [5.74, 6) is 0.506. The van der Waals surface area contributed by atoms with Gasteiger partial charge in [0.2, 0.25) is 11.9 Å². The standard InChI is InChI=1S/C5H9N5O/c1-7-4(11)2-3-8-5(6)10-9-3/h2H2,1H3,(H,7,11)(H3,6,8,9,10). The zero-order valence-electron chi connectivity index (χ0n) is 6.09. The van der Waals surface area contributed by atoms with Gasteiger partial charge in [-0.1, -0.05) is 0 Å². The summed E-state index contributed by atoms with van der Waals surface area (Å²) in [5.41, 5.74) is 5.21. The molecule has 60 valence electrons. The van der Waals surface area contributed by atoms with Gasteiger partial charge in [-0.25, -0.2) is 0 Å². The Labute approximate surface area is 63.2 Å². The van der Waals surface area contributed by atoms with Gasteiger partial charge in [-0.2, -0.15) is 4.98 Å². The van der Waals surface area contributed by atoms with E-state index in [1.165, 1.54) is 0 Å². The highest BCUT2D eigenvalue weighted by Gasteiger charge is 2.03. The van der Waals surface area contributed by atoms with E-state index in [0.29, 0.717) is 5.82 Å². The summed E-state index contributed by atoms with van der Waals surface area (Å²) in [4.78, 5) is 14.5. The molecule has 0 aromatic carbocycles. The first-order valence-corrected chi connectivity index (χ1v) is 3.09. The molecule has 0 bridgehead atoms. The van der Waals surface area contributed by atoms with Crippen LogP contribution in [0.15, 0.2) is 0 Å². The van der Waals surface area contributed by atoms with Crippen LogP contribution >= 0.6 is 0 Å². The summed E-state index contributed by atoms with van der Waals surface area (Å²) < 4.78 is 0. The Balaban J connectivity index is 2.57. The number of rotatable bonds is 2. The maximum atomic E-state index is 10.8. The molecule has 0 aliphatic carbocycles. The van der Waals surface area contributed by atoms with Crippen molar-refractivity contribution in [3.8, 4) is 0 Å². The van der Waals surface area contributed by atoms with Crippen molar-refractivity contribution < 1.29 is 4.79 Å². The first kappa shape index (κ1) is 7.52. The molecule has 1 amide bonds. The predicted molar refractivity (Wildman–Crippen MR) is 38.6 cm³/mol. The third-order valence-electron chi connectivity index (χ3n) is 1.16. The molecule has 11 heavy (non-hydrogen) atoms. The second-order valence-electron chi connectivity index (χ2n) is 1.99. The Bertz CT molecular complexity index is 255. The lowest BCUT2D eigenvalue weighted by Crippen LogP contribution is -2.20. The molecule has 1 aromatic heterocycles. The van der Waals surface area contributed by atoms with Crippen molar-refractivity contribution in [1.29, 1.82) is 0 Å². The summed E-state index contributed by atoms with van der Waals surface area (Å²) in [5, 5.41) is 8.54. The highest BCUT2D eigenvalue weighted by molar-refractivity contribution is 5.77. The van der Waals surface area contributed by atoms with Crippen LogP contribution in [-0.4, -0.2) is 28.1 Å². The van der Waals surface area contributed by atoms with Crippen LogP contribution in [0.3, 0.4) is 0 Å². The predicted octanol–water partition coefficient (Wildman–Crippen LogP) is -1.32. The highest BCUT2D eigenvalue weighted by Crippen LogP contribution is 1.92. The summed E-state index contributed by atoms with van der Waals surface area (Å²) in [6, 6.07) is 0. The normalized spacial score (nSPS) is 9.55. The fourth-order valence-electron chi connectivity index (χ4n) is 0.630. The molecule has 0 radical (unpaired) electrons. The molecule has 0 aliphatic rings. The number of hydrogen-bond acceptors (Lipinski definition) is 4. The Morgan fingerprint density at radius 3 is 3.00 bits per heavy atom. The summed E-state index contributed by atoms with van der Waals surface area (Å²) >= 11 is 0. The van der Waals surface area contributed by atoms with Gasteiger partial charge < -0.3 is 11.1 Å². The molecule has 1 rings (SSSR count). The molecule has 6 nitrogen and oxygen atoms in total. The smallest absolute Gasteiger partial charge is 0.239 e. The van der Waals surface area contributed by atoms with E-state index in [-0.39, 0.29) is 18.3 Å². The van der Waals surface area contributed by atoms with Crippen LogP contribution in [0.1, 0.15) is 5.82 Å². The van der Waals surface area contributed by atoms with Crippen molar-refractivity contribution in [3.63, 3.8) is 0 Å². The molecule has 0 fully saturated rings. The van der Waals surface area contributed by atoms with Crippen molar-refractivity contribution >= 4 is 11.9 Å². The second kappa shape index (κ2) is 3.00. The minimum absolute atomic E-state index is 0.124. The Morgan fingerprint density at radius 2 is 2.55 bits per heavy atom. The Hall–Kier alpha value is -1.59. The number of amides is 1. The van der Waals surface area contributed by atoms with Crippen molar-refractivity contribution in [2.75, 3.05) is 12.8 Å². The van der Waals surface area contributed by atoms with Crippen LogP contribution in [0.5, 0.6) is 0 Å². The molecule has 0 atom stereocenters. The molecule has 0 aliphatic heterocycles. The fourth-order valence-corrected chi connectivity index (χ4v) is 0.630. The maximum Gasteiger partial charge on any atom is 0.239 e. The van der Waals surface area contributed by atoms with Crippen molar-refractivity contribution in [1.82, 2.24) is 20.5 Å². The summed E-state index contributed by atoms with van der Waals surface area (Å²) in [6.07, 6.45) is 0.181. The molecule has 0 saturated carbocycles. The van der Waals surface area contributed by atoms with Gasteiger partial charge in [-0.15, -0.1) is 5.10 Å². The number of hydrogen-bond donors (Lipinski definition) is 3. The number of nitrogens with one attached hydrogen (secondary N) is 2. The van der Waals surface area contributed by atoms with E-state index in [2.05, 4.69) is 20.5 Å². The van der Waals surface area contributed by atoms with E-state index in [1.54, 1.807) is 7.05 Å². The molecular weight excluding hydrogens is 146 g/mol. The second-order valence-corrected chi connectivity index (χ2v) is 1.99. The van der Waals surface area contributed by atoms with Gasteiger partial charge in [0.15, 0.2) is 0 Å². The van der Waals surface area contributed by atoms with E-state index < -0.39 is 0 Å². The zero-order valence-corrected chi connectivity index (χ0v) is 6.09. The molecule has 0 spiro atoms. The Kier molecular flexibility index (Phi) is 2.05. The van der Waals surface area contributed by atoms with Gasteiger partial charge in [0.25, 0.3) is 0 Å². The van der Waals surface area contributed by atoms with Crippen LogP contribution in [0.4, 0.5) is 5.95 Å².